The first-order chi connectivity index (χ1) is 10.0. The quantitative estimate of drug-likeness (QED) is 0.942. The van der Waals surface area contributed by atoms with Gasteiger partial charge in [-0.2, -0.15) is 4.80 Å². The molecule has 21 heavy (non-hydrogen) atoms. The Labute approximate surface area is 125 Å². The Morgan fingerprint density at radius 2 is 1.90 bits per heavy atom. The van der Waals surface area contributed by atoms with Gasteiger partial charge >= 0.3 is 0 Å². The second kappa shape index (κ2) is 5.47. The van der Waals surface area contributed by atoms with Gasteiger partial charge in [0.05, 0.1) is 12.1 Å². The molecule has 0 radical (unpaired) electrons. The van der Waals surface area contributed by atoms with E-state index in [9.17, 15) is 0 Å². The highest BCUT2D eigenvalue weighted by Crippen LogP contribution is 2.24. The summed E-state index contributed by atoms with van der Waals surface area (Å²) in [5.41, 5.74) is 4.00. The maximum absolute atomic E-state index is 4.42. The zero-order chi connectivity index (χ0) is 14.9. The lowest BCUT2D eigenvalue weighted by Gasteiger charge is -2.17. The van der Waals surface area contributed by atoms with Crippen molar-refractivity contribution in [2.45, 2.75) is 58.5 Å². The van der Waals surface area contributed by atoms with Crippen molar-refractivity contribution < 1.29 is 0 Å². The van der Waals surface area contributed by atoms with Crippen LogP contribution in [-0.2, 0) is 24.9 Å². The molecule has 0 spiro atoms. The van der Waals surface area contributed by atoms with Gasteiger partial charge < -0.3 is 5.32 Å². The lowest BCUT2D eigenvalue weighted by molar-refractivity contribution is 0.305. The first-order valence-corrected chi connectivity index (χ1v) is 7.67. The van der Waals surface area contributed by atoms with Crippen LogP contribution in [0.2, 0.25) is 0 Å². The predicted octanol–water partition coefficient (Wildman–Crippen LogP) is 2.92. The Hall–Kier alpha value is -1.91. The van der Waals surface area contributed by atoms with Crippen LogP contribution >= 0.6 is 0 Å². The minimum absolute atomic E-state index is 0.128. The molecule has 0 amide bonds. The summed E-state index contributed by atoms with van der Waals surface area (Å²) in [5.74, 6) is 0.725. The van der Waals surface area contributed by atoms with Crippen LogP contribution in [0.4, 0.5) is 5.69 Å². The van der Waals surface area contributed by atoms with Crippen molar-refractivity contribution >= 4 is 5.69 Å². The summed E-state index contributed by atoms with van der Waals surface area (Å²) >= 11 is 0. The molecule has 5 heteroatoms. The molecular formula is C16H23N5. The lowest BCUT2D eigenvalue weighted by Crippen LogP contribution is -2.24. The normalized spacial score (nSPS) is 14.8. The second-order valence-corrected chi connectivity index (χ2v) is 6.71. The van der Waals surface area contributed by atoms with Crippen LogP contribution in [0.15, 0.2) is 18.2 Å². The fourth-order valence-corrected chi connectivity index (χ4v) is 2.62. The topological polar surface area (TPSA) is 55.6 Å². The lowest BCUT2D eigenvalue weighted by atomic mass is 9.91. The minimum Gasteiger partial charge on any atom is -0.378 e. The van der Waals surface area contributed by atoms with E-state index in [1.807, 2.05) is 0 Å². The van der Waals surface area contributed by atoms with E-state index in [0.717, 1.165) is 11.5 Å². The van der Waals surface area contributed by atoms with Gasteiger partial charge in [0.15, 0.2) is 5.82 Å². The minimum atomic E-state index is -0.128. The molecule has 0 saturated heterocycles. The number of rotatable bonds is 3. The number of hydrogen-bond acceptors (Lipinski definition) is 4. The summed E-state index contributed by atoms with van der Waals surface area (Å²) in [6.07, 6.45) is 5.04. The molecule has 0 saturated carbocycles. The summed E-state index contributed by atoms with van der Waals surface area (Å²) in [7, 11) is 0. The van der Waals surface area contributed by atoms with Crippen molar-refractivity contribution in [3.63, 3.8) is 0 Å². The zero-order valence-corrected chi connectivity index (χ0v) is 13.1. The molecule has 5 nitrogen and oxygen atoms in total. The third-order valence-corrected chi connectivity index (χ3v) is 3.85. The Bertz CT molecular complexity index is 624. The molecule has 0 fully saturated rings. The SMILES string of the molecule is CC(C)(C)n1nnc(CNc2ccc3c(c2)CCCC3)n1. The third kappa shape index (κ3) is 3.23. The van der Waals surface area contributed by atoms with Crippen LogP contribution in [-0.4, -0.2) is 20.2 Å². The molecule has 0 unspecified atom stereocenters. The summed E-state index contributed by atoms with van der Waals surface area (Å²) in [6, 6.07) is 6.66. The van der Waals surface area contributed by atoms with Crippen molar-refractivity contribution in [1.29, 1.82) is 0 Å². The van der Waals surface area contributed by atoms with Gasteiger partial charge in [0.1, 0.15) is 0 Å². The highest BCUT2D eigenvalue weighted by atomic mass is 15.6. The van der Waals surface area contributed by atoms with Crippen molar-refractivity contribution in [3.8, 4) is 0 Å². The van der Waals surface area contributed by atoms with E-state index in [1.54, 1.807) is 4.80 Å². The number of nitrogens with zero attached hydrogens (tertiary/aromatic N) is 4. The maximum Gasteiger partial charge on any atom is 0.193 e. The molecular weight excluding hydrogens is 262 g/mol. The fourth-order valence-electron chi connectivity index (χ4n) is 2.62. The number of nitrogens with one attached hydrogen (secondary N) is 1. The number of hydrogen-bond donors (Lipinski definition) is 1. The number of tetrazole rings is 1. The van der Waals surface area contributed by atoms with E-state index >= 15 is 0 Å². The molecule has 2 aromatic rings. The number of benzene rings is 1. The fraction of sp³-hybridized carbons (Fsp3) is 0.562. The van der Waals surface area contributed by atoms with Gasteiger partial charge in [0.25, 0.3) is 0 Å². The Balaban J connectivity index is 1.66. The standard InChI is InChI=1S/C16H23N5/c1-16(2,3)21-19-15(18-20-21)11-17-14-9-8-12-6-4-5-7-13(12)10-14/h8-10,17H,4-7,11H2,1-3H3. The first kappa shape index (κ1) is 14.0. The van der Waals surface area contributed by atoms with Crippen molar-refractivity contribution in [3.05, 3.63) is 35.2 Å². The van der Waals surface area contributed by atoms with E-state index < -0.39 is 0 Å². The van der Waals surface area contributed by atoms with Crippen LogP contribution in [0.3, 0.4) is 0 Å². The van der Waals surface area contributed by atoms with Gasteiger partial charge in [-0.25, -0.2) is 0 Å². The molecule has 0 bridgehead atoms. The Kier molecular flexibility index (Phi) is 3.66. The van der Waals surface area contributed by atoms with Crippen LogP contribution in [0.25, 0.3) is 0 Å². The van der Waals surface area contributed by atoms with E-state index in [4.69, 9.17) is 0 Å². The van der Waals surface area contributed by atoms with Gasteiger partial charge in [-0.05, 0) is 74.9 Å². The average Bonchev–Trinajstić information content (AvgIpc) is 2.94. The molecule has 1 aromatic heterocycles. The van der Waals surface area contributed by atoms with E-state index in [-0.39, 0.29) is 5.54 Å². The molecule has 0 aliphatic heterocycles. The molecule has 0 atom stereocenters. The van der Waals surface area contributed by atoms with E-state index in [2.05, 4.69) is 59.7 Å². The van der Waals surface area contributed by atoms with E-state index in [1.165, 1.54) is 36.8 Å². The monoisotopic (exact) mass is 285 g/mol. The Morgan fingerprint density at radius 3 is 2.62 bits per heavy atom. The van der Waals surface area contributed by atoms with Gasteiger partial charge in [0, 0.05) is 5.69 Å². The van der Waals surface area contributed by atoms with Crippen molar-refractivity contribution in [2.75, 3.05) is 5.32 Å². The zero-order valence-electron chi connectivity index (χ0n) is 13.1. The molecule has 1 aromatic carbocycles. The predicted molar refractivity (Wildman–Crippen MR) is 83.2 cm³/mol. The molecule has 1 aliphatic rings. The largest absolute Gasteiger partial charge is 0.378 e. The molecule has 1 N–H and O–H groups in total. The maximum atomic E-state index is 4.42. The van der Waals surface area contributed by atoms with Gasteiger partial charge in [-0.1, -0.05) is 6.07 Å². The first-order valence-electron chi connectivity index (χ1n) is 7.67. The van der Waals surface area contributed by atoms with Crippen LogP contribution < -0.4 is 5.32 Å². The van der Waals surface area contributed by atoms with Crippen LogP contribution in [0.5, 0.6) is 0 Å². The van der Waals surface area contributed by atoms with Crippen molar-refractivity contribution in [2.24, 2.45) is 0 Å². The number of aromatic nitrogens is 4. The second-order valence-electron chi connectivity index (χ2n) is 6.71. The third-order valence-electron chi connectivity index (χ3n) is 3.85. The van der Waals surface area contributed by atoms with Crippen LogP contribution in [0.1, 0.15) is 50.6 Å². The van der Waals surface area contributed by atoms with Crippen LogP contribution in [0, 0.1) is 0 Å². The van der Waals surface area contributed by atoms with Crippen molar-refractivity contribution in [1.82, 2.24) is 20.2 Å². The molecule has 112 valence electrons. The highest BCUT2D eigenvalue weighted by Gasteiger charge is 2.16. The number of anilines is 1. The van der Waals surface area contributed by atoms with Gasteiger partial charge in [0.2, 0.25) is 0 Å². The van der Waals surface area contributed by atoms with Gasteiger partial charge in [-0.3, -0.25) is 0 Å². The molecule has 1 heterocycles. The summed E-state index contributed by atoms with van der Waals surface area (Å²) in [5, 5.41) is 16.0. The highest BCUT2D eigenvalue weighted by molar-refractivity contribution is 5.49. The molecule has 1 aliphatic carbocycles. The van der Waals surface area contributed by atoms with E-state index in [0.29, 0.717) is 6.54 Å². The molecule has 3 rings (SSSR count). The summed E-state index contributed by atoms with van der Waals surface area (Å²) in [4.78, 5) is 1.66. The summed E-state index contributed by atoms with van der Waals surface area (Å²) < 4.78 is 0. The smallest absolute Gasteiger partial charge is 0.193 e. The van der Waals surface area contributed by atoms with Gasteiger partial charge in [-0.15, -0.1) is 10.2 Å². The summed E-state index contributed by atoms with van der Waals surface area (Å²) in [6.45, 7) is 6.80. The number of aryl methyl sites for hydroxylation is 2. The average molecular weight is 285 g/mol. The number of fused-ring (bicyclic) bond motifs is 1. The Morgan fingerprint density at radius 1 is 1.14 bits per heavy atom.